The van der Waals surface area contributed by atoms with Gasteiger partial charge in [-0.3, -0.25) is 4.79 Å². The second kappa shape index (κ2) is 9.32. The maximum Gasteiger partial charge on any atom is 0.329 e. The Balaban J connectivity index is 2.48. The minimum atomic E-state index is -1.70. The average molecular weight is 432 g/mol. The SMILES string of the molecule is COc1ccnc(C(=O)NC(C)(C(=O)O)[C@@H](C)[C@@H](c2ccc(F)cc2C)C(C)C)c1O. The van der Waals surface area contributed by atoms with Gasteiger partial charge in [-0.2, -0.15) is 0 Å². The third-order valence-corrected chi connectivity index (χ3v) is 5.90. The van der Waals surface area contributed by atoms with Gasteiger partial charge in [-0.25, -0.2) is 14.2 Å². The standard InChI is InChI=1S/C23H29FN2O5/c1-12(2)18(16-8-7-15(24)11-13(16)3)14(4)23(5,22(29)30)26-21(28)19-20(27)17(31-6)9-10-25-19/h7-12,14,18,27H,1-6H3,(H,26,28)(H,29,30)/t14-,18-,23?/m0/s1. The van der Waals surface area contributed by atoms with Crippen molar-refractivity contribution in [1.29, 1.82) is 0 Å². The van der Waals surface area contributed by atoms with Crippen molar-refractivity contribution >= 4 is 11.9 Å². The molecule has 1 heterocycles. The highest BCUT2D eigenvalue weighted by Gasteiger charge is 2.46. The zero-order valence-corrected chi connectivity index (χ0v) is 18.6. The summed E-state index contributed by atoms with van der Waals surface area (Å²) in [4.78, 5) is 29.1. The van der Waals surface area contributed by atoms with E-state index in [4.69, 9.17) is 4.74 Å². The minimum absolute atomic E-state index is 0.00177. The summed E-state index contributed by atoms with van der Waals surface area (Å²) < 4.78 is 18.6. The molecule has 0 saturated heterocycles. The number of aliphatic carboxylic acids is 1. The normalized spacial score (nSPS) is 15.1. The fourth-order valence-corrected chi connectivity index (χ4v) is 4.00. The lowest BCUT2D eigenvalue weighted by Crippen LogP contribution is -2.58. The number of carbonyl (C=O) groups excluding carboxylic acids is 1. The van der Waals surface area contributed by atoms with Crippen molar-refractivity contribution in [3.8, 4) is 11.5 Å². The summed E-state index contributed by atoms with van der Waals surface area (Å²) in [7, 11) is 1.33. The number of carboxylic acid groups (broad SMARTS) is 1. The molecule has 3 N–H and O–H groups in total. The van der Waals surface area contributed by atoms with Crippen LogP contribution in [0, 0.1) is 24.6 Å². The highest BCUT2D eigenvalue weighted by Crippen LogP contribution is 2.40. The molecule has 31 heavy (non-hydrogen) atoms. The van der Waals surface area contributed by atoms with Crippen LogP contribution in [0.2, 0.25) is 0 Å². The van der Waals surface area contributed by atoms with E-state index >= 15 is 0 Å². The number of rotatable bonds is 8. The van der Waals surface area contributed by atoms with Crippen molar-refractivity contribution < 1.29 is 28.9 Å². The Hall–Kier alpha value is -3.16. The predicted octanol–water partition coefficient (Wildman–Crippen LogP) is 3.89. The molecule has 168 valence electrons. The fraction of sp³-hybridized carbons (Fsp3) is 0.435. The zero-order valence-electron chi connectivity index (χ0n) is 18.6. The van der Waals surface area contributed by atoms with Crippen molar-refractivity contribution in [2.45, 2.75) is 46.1 Å². The van der Waals surface area contributed by atoms with Crippen LogP contribution in [0.4, 0.5) is 4.39 Å². The van der Waals surface area contributed by atoms with Gasteiger partial charge in [-0.1, -0.05) is 26.8 Å². The number of benzene rings is 1. The number of aryl methyl sites for hydroxylation is 1. The smallest absolute Gasteiger partial charge is 0.329 e. The van der Waals surface area contributed by atoms with Gasteiger partial charge in [0.25, 0.3) is 5.91 Å². The van der Waals surface area contributed by atoms with Crippen LogP contribution in [0.3, 0.4) is 0 Å². The Labute approximate surface area is 181 Å². The molecule has 0 spiro atoms. The lowest BCUT2D eigenvalue weighted by Gasteiger charge is -2.40. The first kappa shape index (κ1) is 24.1. The molecule has 0 radical (unpaired) electrons. The first-order chi connectivity index (χ1) is 14.4. The number of pyridine rings is 1. The lowest BCUT2D eigenvalue weighted by molar-refractivity contribution is -0.146. The van der Waals surface area contributed by atoms with E-state index in [-0.39, 0.29) is 29.1 Å². The molecule has 1 aromatic carbocycles. The van der Waals surface area contributed by atoms with Gasteiger partial charge in [0.05, 0.1) is 7.11 Å². The molecule has 0 saturated carbocycles. The van der Waals surface area contributed by atoms with Gasteiger partial charge in [0.15, 0.2) is 17.2 Å². The Morgan fingerprint density at radius 2 is 1.87 bits per heavy atom. The molecule has 7 nitrogen and oxygen atoms in total. The third kappa shape index (κ3) is 4.78. The number of hydrogen-bond acceptors (Lipinski definition) is 5. The number of nitrogens with one attached hydrogen (secondary N) is 1. The molecule has 1 unspecified atom stereocenters. The summed E-state index contributed by atoms with van der Waals surface area (Å²) in [5, 5.41) is 22.9. The topological polar surface area (TPSA) is 109 Å². The number of carboxylic acids is 1. The quantitative estimate of drug-likeness (QED) is 0.584. The summed E-state index contributed by atoms with van der Waals surface area (Å²) in [6.45, 7) is 8.83. The van der Waals surface area contributed by atoms with E-state index in [9.17, 15) is 24.2 Å². The zero-order chi connectivity index (χ0) is 23.5. The minimum Gasteiger partial charge on any atom is -0.503 e. The van der Waals surface area contributed by atoms with Crippen LogP contribution in [0.5, 0.6) is 11.5 Å². The van der Waals surface area contributed by atoms with Gasteiger partial charge in [0.1, 0.15) is 11.4 Å². The predicted molar refractivity (Wildman–Crippen MR) is 114 cm³/mol. The molecule has 0 aliphatic heterocycles. The average Bonchev–Trinajstić information content (AvgIpc) is 2.69. The van der Waals surface area contributed by atoms with E-state index in [0.29, 0.717) is 5.56 Å². The number of ether oxygens (including phenoxy) is 1. The third-order valence-electron chi connectivity index (χ3n) is 5.90. The molecule has 0 bridgehead atoms. The van der Waals surface area contributed by atoms with Gasteiger partial charge >= 0.3 is 5.97 Å². The van der Waals surface area contributed by atoms with Crippen LogP contribution >= 0.6 is 0 Å². The first-order valence-corrected chi connectivity index (χ1v) is 9.97. The van der Waals surface area contributed by atoms with Crippen LogP contribution in [0.15, 0.2) is 30.5 Å². The molecule has 0 fully saturated rings. The number of amides is 1. The first-order valence-electron chi connectivity index (χ1n) is 9.97. The Morgan fingerprint density at radius 1 is 1.23 bits per heavy atom. The van der Waals surface area contributed by atoms with Crippen LogP contribution < -0.4 is 10.1 Å². The summed E-state index contributed by atoms with van der Waals surface area (Å²) in [6.07, 6.45) is 1.29. The van der Waals surface area contributed by atoms with Gasteiger partial charge in [-0.15, -0.1) is 0 Å². The molecule has 1 amide bonds. The number of methoxy groups -OCH3 is 1. The molecular formula is C23H29FN2O5. The maximum absolute atomic E-state index is 13.6. The molecular weight excluding hydrogens is 403 g/mol. The Morgan fingerprint density at radius 3 is 2.39 bits per heavy atom. The summed E-state index contributed by atoms with van der Waals surface area (Å²) >= 11 is 0. The number of carbonyl (C=O) groups is 2. The number of aromatic nitrogens is 1. The second-order valence-corrected chi connectivity index (χ2v) is 8.23. The van der Waals surface area contributed by atoms with E-state index < -0.39 is 29.1 Å². The fourth-order valence-electron chi connectivity index (χ4n) is 4.00. The molecule has 2 aromatic rings. The number of nitrogens with zero attached hydrogens (tertiary/aromatic N) is 1. The van der Waals surface area contributed by atoms with Crippen molar-refractivity contribution in [2.24, 2.45) is 11.8 Å². The van der Waals surface area contributed by atoms with Crippen LogP contribution in [0.1, 0.15) is 55.2 Å². The van der Waals surface area contributed by atoms with Crippen molar-refractivity contribution in [2.75, 3.05) is 7.11 Å². The van der Waals surface area contributed by atoms with Crippen LogP contribution in [-0.4, -0.2) is 39.7 Å². The molecule has 2 rings (SSSR count). The Bertz CT molecular complexity index is 978. The highest BCUT2D eigenvalue weighted by molar-refractivity contribution is 5.99. The summed E-state index contributed by atoms with van der Waals surface area (Å²) in [5.41, 5.74) is -0.521. The number of halogens is 1. The Kier molecular flexibility index (Phi) is 7.25. The van der Waals surface area contributed by atoms with E-state index in [1.165, 1.54) is 38.4 Å². The van der Waals surface area contributed by atoms with Gasteiger partial charge < -0.3 is 20.3 Å². The molecule has 8 heteroatoms. The maximum atomic E-state index is 13.6. The van der Waals surface area contributed by atoms with Crippen molar-refractivity contribution in [3.05, 3.63) is 53.1 Å². The summed E-state index contributed by atoms with van der Waals surface area (Å²) in [6, 6.07) is 5.80. The highest BCUT2D eigenvalue weighted by atomic mass is 19.1. The van der Waals surface area contributed by atoms with Gasteiger partial charge in [0.2, 0.25) is 0 Å². The van der Waals surface area contributed by atoms with E-state index in [2.05, 4.69) is 10.3 Å². The number of aromatic hydroxyl groups is 1. The largest absolute Gasteiger partial charge is 0.503 e. The monoisotopic (exact) mass is 432 g/mol. The molecule has 3 atom stereocenters. The van der Waals surface area contributed by atoms with Crippen LogP contribution in [0.25, 0.3) is 0 Å². The van der Waals surface area contributed by atoms with E-state index in [1.54, 1.807) is 19.9 Å². The second-order valence-electron chi connectivity index (χ2n) is 8.23. The van der Waals surface area contributed by atoms with Crippen molar-refractivity contribution in [1.82, 2.24) is 10.3 Å². The van der Waals surface area contributed by atoms with Gasteiger partial charge in [0, 0.05) is 12.3 Å². The molecule has 0 aliphatic carbocycles. The van der Waals surface area contributed by atoms with Crippen LogP contribution in [-0.2, 0) is 4.79 Å². The van der Waals surface area contributed by atoms with E-state index in [1.807, 2.05) is 13.8 Å². The van der Waals surface area contributed by atoms with Crippen molar-refractivity contribution in [3.63, 3.8) is 0 Å². The summed E-state index contributed by atoms with van der Waals surface area (Å²) in [5.74, 6) is -3.76. The number of hydrogen-bond donors (Lipinski definition) is 3. The molecule has 1 aromatic heterocycles. The van der Waals surface area contributed by atoms with Gasteiger partial charge in [-0.05, 0) is 54.9 Å². The van der Waals surface area contributed by atoms with E-state index in [0.717, 1.165) is 5.56 Å². The molecule has 0 aliphatic rings. The lowest BCUT2D eigenvalue weighted by atomic mass is 9.69.